The Bertz CT molecular complexity index is 383. The summed E-state index contributed by atoms with van der Waals surface area (Å²) >= 11 is 0. The highest BCUT2D eigenvalue weighted by atomic mass is 16.6. The van der Waals surface area contributed by atoms with E-state index in [4.69, 9.17) is 9.47 Å². The maximum atomic E-state index is 12.2. The number of cyclic esters (lactones) is 1. The first-order valence-corrected chi connectivity index (χ1v) is 7.52. The van der Waals surface area contributed by atoms with Crippen molar-refractivity contribution in [3.63, 3.8) is 0 Å². The Morgan fingerprint density at radius 3 is 2.50 bits per heavy atom. The van der Waals surface area contributed by atoms with Crippen molar-refractivity contribution >= 4 is 12.0 Å². The molecule has 6 nitrogen and oxygen atoms in total. The van der Waals surface area contributed by atoms with Crippen molar-refractivity contribution in [3.8, 4) is 0 Å². The average molecular weight is 282 g/mol. The third-order valence-electron chi connectivity index (χ3n) is 4.63. The van der Waals surface area contributed by atoms with Gasteiger partial charge in [-0.25, -0.2) is 4.79 Å². The van der Waals surface area contributed by atoms with Gasteiger partial charge in [-0.3, -0.25) is 9.69 Å². The molecule has 2 amide bonds. The van der Waals surface area contributed by atoms with E-state index in [1.54, 1.807) is 0 Å². The highest BCUT2D eigenvalue weighted by Crippen LogP contribution is 2.34. The molecule has 0 unspecified atom stereocenters. The van der Waals surface area contributed by atoms with Gasteiger partial charge in [0, 0.05) is 19.7 Å². The number of carbonyl (C=O) groups excluding carboxylic acids is 2. The van der Waals surface area contributed by atoms with E-state index in [2.05, 4.69) is 0 Å². The third-order valence-corrected chi connectivity index (χ3v) is 4.63. The van der Waals surface area contributed by atoms with Gasteiger partial charge in [0.2, 0.25) is 5.91 Å². The van der Waals surface area contributed by atoms with Crippen LogP contribution in [0.15, 0.2) is 0 Å². The van der Waals surface area contributed by atoms with Crippen LogP contribution in [0.5, 0.6) is 0 Å². The molecular formula is C14H22N2O4. The second kappa shape index (κ2) is 5.60. The Hall–Kier alpha value is -1.30. The van der Waals surface area contributed by atoms with E-state index in [1.807, 2.05) is 4.90 Å². The van der Waals surface area contributed by atoms with Crippen LogP contribution < -0.4 is 0 Å². The van der Waals surface area contributed by atoms with Crippen molar-refractivity contribution in [2.24, 2.45) is 0 Å². The standard InChI is InChI=1S/C14H22N2O4/c17-12(11-16-8-10-19-13(16)18)15-6-4-14(5-7-15)3-1-2-9-20-14/h1-11H2. The van der Waals surface area contributed by atoms with Crippen LogP contribution in [0.3, 0.4) is 0 Å². The lowest BCUT2D eigenvalue weighted by Gasteiger charge is -2.44. The third kappa shape index (κ3) is 2.75. The molecule has 3 heterocycles. The topological polar surface area (TPSA) is 59.1 Å². The lowest BCUT2D eigenvalue weighted by atomic mass is 9.84. The molecule has 3 aliphatic rings. The van der Waals surface area contributed by atoms with Gasteiger partial charge >= 0.3 is 6.09 Å². The van der Waals surface area contributed by atoms with E-state index in [9.17, 15) is 9.59 Å². The molecule has 6 heteroatoms. The minimum Gasteiger partial charge on any atom is -0.448 e. The molecule has 0 saturated carbocycles. The number of rotatable bonds is 2. The second-order valence-corrected chi connectivity index (χ2v) is 5.91. The van der Waals surface area contributed by atoms with Gasteiger partial charge in [-0.05, 0) is 32.1 Å². The zero-order chi connectivity index (χ0) is 14.0. The molecule has 0 aromatic carbocycles. The van der Waals surface area contributed by atoms with Crippen LogP contribution in [0, 0.1) is 0 Å². The van der Waals surface area contributed by atoms with E-state index < -0.39 is 0 Å². The molecule has 0 atom stereocenters. The summed E-state index contributed by atoms with van der Waals surface area (Å²) in [4.78, 5) is 26.9. The fraction of sp³-hybridized carbons (Fsp3) is 0.857. The van der Waals surface area contributed by atoms with E-state index in [0.717, 1.165) is 45.4 Å². The number of nitrogens with zero attached hydrogens (tertiary/aromatic N) is 2. The number of piperidine rings is 1. The van der Waals surface area contributed by atoms with Crippen LogP contribution in [0.4, 0.5) is 4.79 Å². The summed E-state index contributed by atoms with van der Waals surface area (Å²) in [6.45, 7) is 3.39. The van der Waals surface area contributed by atoms with Crippen molar-refractivity contribution in [1.29, 1.82) is 0 Å². The Morgan fingerprint density at radius 1 is 1.10 bits per heavy atom. The molecule has 0 radical (unpaired) electrons. The Balaban J connectivity index is 1.50. The summed E-state index contributed by atoms with van der Waals surface area (Å²) in [6.07, 6.45) is 4.97. The highest BCUT2D eigenvalue weighted by molar-refractivity contribution is 5.83. The summed E-state index contributed by atoms with van der Waals surface area (Å²) in [5, 5.41) is 0. The number of amides is 2. The molecule has 112 valence electrons. The maximum Gasteiger partial charge on any atom is 0.410 e. The van der Waals surface area contributed by atoms with Gasteiger partial charge in [-0.15, -0.1) is 0 Å². The van der Waals surface area contributed by atoms with Crippen molar-refractivity contribution in [3.05, 3.63) is 0 Å². The Kier molecular flexibility index (Phi) is 3.83. The first-order chi connectivity index (χ1) is 9.69. The van der Waals surface area contributed by atoms with E-state index in [1.165, 1.54) is 11.3 Å². The Morgan fingerprint density at radius 2 is 1.90 bits per heavy atom. The summed E-state index contributed by atoms with van der Waals surface area (Å²) in [5.41, 5.74) is 0.0155. The zero-order valence-electron chi connectivity index (χ0n) is 11.8. The second-order valence-electron chi connectivity index (χ2n) is 5.91. The highest BCUT2D eigenvalue weighted by Gasteiger charge is 2.38. The number of hydrogen-bond acceptors (Lipinski definition) is 4. The quantitative estimate of drug-likeness (QED) is 0.758. The van der Waals surface area contributed by atoms with Crippen molar-refractivity contribution < 1.29 is 19.1 Å². The van der Waals surface area contributed by atoms with E-state index in [0.29, 0.717) is 13.2 Å². The minimum absolute atomic E-state index is 0.0155. The molecule has 20 heavy (non-hydrogen) atoms. The summed E-state index contributed by atoms with van der Waals surface area (Å²) < 4.78 is 10.8. The molecule has 0 aromatic rings. The summed E-state index contributed by atoms with van der Waals surface area (Å²) in [7, 11) is 0. The van der Waals surface area contributed by atoms with Crippen LogP contribution in [0.1, 0.15) is 32.1 Å². The lowest BCUT2D eigenvalue weighted by Crippen LogP contribution is -2.51. The van der Waals surface area contributed by atoms with Crippen molar-refractivity contribution in [2.75, 3.05) is 39.4 Å². The van der Waals surface area contributed by atoms with Crippen LogP contribution >= 0.6 is 0 Å². The van der Waals surface area contributed by atoms with Gasteiger partial charge in [0.15, 0.2) is 0 Å². The smallest absolute Gasteiger partial charge is 0.410 e. The van der Waals surface area contributed by atoms with Crippen LogP contribution in [-0.2, 0) is 14.3 Å². The van der Waals surface area contributed by atoms with Crippen LogP contribution in [0.25, 0.3) is 0 Å². The molecule has 0 aromatic heterocycles. The predicted molar refractivity (Wildman–Crippen MR) is 71.3 cm³/mol. The summed E-state index contributed by atoms with van der Waals surface area (Å²) in [6, 6.07) is 0. The number of ether oxygens (including phenoxy) is 2. The van der Waals surface area contributed by atoms with Gasteiger partial charge in [0.1, 0.15) is 13.2 Å². The van der Waals surface area contributed by atoms with Crippen molar-refractivity contribution in [1.82, 2.24) is 9.80 Å². The molecule has 0 bridgehead atoms. The van der Waals surface area contributed by atoms with Gasteiger partial charge in [-0.2, -0.15) is 0 Å². The number of likely N-dealkylation sites (tertiary alicyclic amines) is 1. The van der Waals surface area contributed by atoms with Gasteiger partial charge in [-0.1, -0.05) is 0 Å². The molecule has 1 spiro atoms. The molecule has 3 rings (SSSR count). The molecule has 0 aliphatic carbocycles. The van der Waals surface area contributed by atoms with E-state index >= 15 is 0 Å². The van der Waals surface area contributed by atoms with Crippen LogP contribution in [-0.4, -0.2) is 66.8 Å². The SMILES string of the molecule is O=C(CN1CCOC1=O)N1CCC2(CCCCO2)CC1. The summed E-state index contributed by atoms with van der Waals surface area (Å²) in [5.74, 6) is 0.0227. The monoisotopic (exact) mass is 282 g/mol. The van der Waals surface area contributed by atoms with Gasteiger partial charge in [0.05, 0.1) is 12.1 Å². The normalized spacial score (nSPS) is 25.9. The van der Waals surface area contributed by atoms with Gasteiger partial charge in [0.25, 0.3) is 0 Å². The maximum absolute atomic E-state index is 12.2. The first-order valence-electron chi connectivity index (χ1n) is 7.52. The molecule has 3 fully saturated rings. The van der Waals surface area contributed by atoms with Gasteiger partial charge < -0.3 is 14.4 Å². The molecular weight excluding hydrogens is 260 g/mol. The van der Waals surface area contributed by atoms with Crippen LogP contribution in [0.2, 0.25) is 0 Å². The van der Waals surface area contributed by atoms with Crippen molar-refractivity contribution in [2.45, 2.75) is 37.7 Å². The fourth-order valence-corrected chi connectivity index (χ4v) is 3.30. The number of carbonyl (C=O) groups is 2. The molecule has 0 N–H and O–H groups in total. The Labute approximate surface area is 119 Å². The predicted octanol–water partition coefficient (Wildman–Crippen LogP) is 1.00. The average Bonchev–Trinajstić information content (AvgIpc) is 2.86. The number of hydrogen-bond donors (Lipinski definition) is 0. The molecule has 3 saturated heterocycles. The molecule has 3 aliphatic heterocycles. The fourth-order valence-electron chi connectivity index (χ4n) is 3.30. The largest absolute Gasteiger partial charge is 0.448 e. The van der Waals surface area contributed by atoms with E-state index in [-0.39, 0.29) is 24.1 Å². The lowest BCUT2D eigenvalue weighted by molar-refractivity contribution is -0.143. The first kappa shape index (κ1) is 13.7. The zero-order valence-corrected chi connectivity index (χ0v) is 11.8. The minimum atomic E-state index is -0.373.